The van der Waals surface area contributed by atoms with Crippen LogP contribution < -0.4 is 5.32 Å². The van der Waals surface area contributed by atoms with Gasteiger partial charge in [0.2, 0.25) is 5.91 Å². The number of carbonyl (C=O) groups is 1. The predicted octanol–water partition coefficient (Wildman–Crippen LogP) is 5.20. The molecule has 30 heavy (non-hydrogen) atoms. The summed E-state index contributed by atoms with van der Waals surface area (Å²) in [5.41, 5.74) is 0.423. The second kappa shape index (κ2) is 8.11. The first-order valence-corrected chi connectivity index (χ1v) is 9.79. The van der Waals surface area contributed by atoms with E-state index in [1.807, 2.05) is 30.3 Å². The SMILES string of the molecule is O=C(Cc1csc(-c2ccccc2)n1)Nc1ccc(-n2cccn2)cc1C(F)(F)F. The van der Waals surface area contributed by atoms with Gasteiger partial charge in [-0.15, -0.1) is 11.3 Å². The van der Waals surface area contributed by atoms with Crippen LogP contribution >= 0.6 is 11.3 Å². The number of benzene rings is 2. The molecule has 2 aromatic heterocycles. The summed E-state index contributed by atoms with van der Waals surface area (Å²) in [5.74, 6) is -0.572. The van der Waals surface area contributed by atoms with E-state index in [1.165, 1.54) is 34.3 Å². The first-order valence-electron chi connectivity index (χ1n) is 8.91. The van der Waals surface area contributed by atoms with E-state index in [2.05, 4.69) is 15.4 Å². The van der Waals surface area contributed by atoms with Gasteiger partial charge >= 0.3 is 6.18 Å². The molecule has 5 nitrogen and oxygen atoms in total. The van der Waals surface area contributed by atoms with Gasteiger partial charge in [0.05, 0.1) is 29.1 Å². The van der Waals surface area contributed by atoms with E-state index < -0.39 is 17.6 Å². The molecule has 0 unspecified atom stereocenters. The lowest BCUT2D eigenvalue weighted by atomic mass is 10.1. The molecule has 1 N–H and O–H groups in total. The molecule has 0 saturated heterocycles. The molecule has 0 aliphatic rings. The van der Waals surface area contributed by atoms with Crippen molar-refractivity contribution in [2.75, 3.05) is 5.32 Å². The number of hydrogen-bond donors (Lipinski definition) is 1. The minimum atomic E-state index is -4.63. The van der Waals surface area contributed by atoms with Crippen LogP contribution in [0.2, 0.25) is 0 Å². The number of amides is 1. The lowest BCUT2D eigenvalue weighted by Crippen LogP contribution is -2.18. The number of thiazole rings is 1. The molecular weight excluding hydrogens is 413 g/mol. The van der Waals surface area contributed by atoms with E-state index in [0.29, 0.717) is 5.69 Å². The Kier molecular flexibility index (Phi) is 5.37. The second-order valence-electron chi connectivity index (χ2n) is 6.41. The van der Waals surface area contributed by atoms with Gasteiger partial charge in [-0.3, -0.25) is 4.79 Å². The van der Waals surface area contributed by atoms with Crippen LogP contribution in [-0.4, -0.2) is 20.7 Å². The Hall–Kier alpha value is -3.46. The van der Waals surface area contributed by atoms with Gasteiger partial charge in [0, 0.05) is 23.3 Å². The zero-order valence-electron chi connectivity index (χ0n) is 15.4. The van der Waals surface area contributed by atoms with Gasteiger partial charge in [-0.25, -0.2) is 9.67 Å². The second-order valence-corrected chi connectivity index (χ2v) is 7.27. The molecule has 0 aliphatic carbocycles. The average molecular weight is 428 g/mol. The molecule has 0 saturated carbocycles. The summed E-state index contributed by atoms with van der Waals surface area (Å²) in [6.45, 7) is 0. The highest BCUT2D eigenvalue weighted by Gasteiger charge is 2.34. The largest absolute Gasteiger partial charge is 0.418 e. The van der Waals surface area contributed by atoms with Crippen molar-refractivity contribution in [3.63, 3.8) is 0 Å². The minimum absolute atomic E-state index is 0.123. The lowest BCUT2D eigenvalue weighted by molar-refractivity contribution is -0.137. The van der Waals surface area contributed by atoms with Gasteiger partial charge in [-0.2, -0.15) is 18.3 Å². The fourth-order valence-corrected chi connectivity index (χ4v) is 3.73. The fraction of sp³-hybridized carbons (Fsp3) is 0.0952. The van der Waals surface area contributed by atoms with Gasteiger partial charge in [0.15, 0.2) is 0 Å². The first kappa shape index (κ1) is 19.8. The topological polar surface area (TPSA) is 59.8 Å². The summed E-state index contributed by atoms with van der Waals surface area (Å²) in [6.07, 6.45) is -1.74. The van der Waals surface area contributed by atoms with E-state index in [0.717, 1.165) is 16.6 Å². The number of rotatable bonds is 5. The Morgan fingerprint density at radius 1 is 1.10 bits per heavy atom. The summed E-state index contributed by atoms with van der Waals surface area (Å²) in [7, 11) is 0. The number of nitrogens with zero attached hydrogens (tertiary/aromatic N) is 3. The van der Waals surface area contributed by atoms with Crippen molar-refractivity contribution < 1.29 is 18.0 Å². The zero-order valence-corrected chi connectivity index (χ0v) is 16.2. The Balaban J connectivity index is 1.52. The Bertz CT molecular complexity index is 1150. The van der Waals surface area contributed by atoms with E-state index >= 15 is 0 Å². The summed E-state index contributed by atoms with van der Waals surface area (Å²) >= 11 is 1.38. The Labute approximate surface area is 173 Å². The maximum absolute atomic E-state index is 13.5. The average Bonchev–Trinajstić information content (AvgIpc) is 3.40. The molecule has 0 bridgehead atoms. The van der Waals surface area contributed by atoms with Gasteiger partial charge < -0.3 is 5.32 Å². The molecule has 0 fully saturated rings. The molecule has 0 spiro atoms. The third-order valence-electron chi connectivity index (χ3n) is 4.27. The predicted molar refractivity (Wildman–Crippen MR) is 108 cm³/mol. The van der Waals surface area contributed by atoms with Gasteiger partial charge in [0.1, 0.15) is 5.01 Å². The van der Waals surface area contributed by atoms with Crippen LogP contribution in [0.5, 0.6) is 0 Å². The molecule has 2 aromatic carbocycles. The summed E-state index contributed by atoms with van der Waals surface area (Å²) in [5, 5.41) is 8.78. The molecule has 0 radical (unpaired) electrons. The van der Waals surface area contributed by atoms with Crippen molar-refractivity contribution >= 4 is 22.9 Å². The van der Waals surface area contributed by atoms with Crippen LogP contribution in [0.1, 0.15) is 11.3 Å². The van der Waals surface area contributed by atoms with Crippen molar-refractivity contribution in [3.05, 3.63) is 83.6 Å². The number of anilines is 1. The monoisotopic (exact) mass is 428 g/mol. The molecule has 0 atom stereocenters. The van der Waals surface area contributed by atoms with E-state index in [9.17, 15) is 18.0 Å². The number of nitrogens with one attached hydrogen (secondary N) is 1. The number of halogens is 3. The molecule has 4 rings (SSSR count). The standard InChI is InChI=1S/C21H15F3N4OS/c22-21(23,24)17-12-16(28-10-4-9-25-28)7-8-18(17)27-19(29)11-15-13-30-20(26-15)14-5-2-1-3-6-14/h1-10,12-13H,11H2,(H,27,29). The van der Waals surface area contributed by atoms with E-state index in [1.54, 1.807) is 17.6 Å². The number of hydrogen-bond acceptors (Lipinski definition) is 4. The van der Waals surface area contributed by atoms with Crippen molar-refractivity contribution in [3.8, 4) is 16.3 Å². The highest BCUT2D eigenvalue weighted by Crippen LogP contribution is 2.36. The first-order chi connectivity index (χ1) is 14.4. The van der Waals surface area contributed by atoms with Crippen LogP contribution in [0.15, 0.2) is 72.4 Å². The molecule has 9 heteroatoms. The molecule has 2 heterocycles. The fourth-order valence-electron chi connectivity index (χ4n) is 2.90. The number of carbonyl (C=O) groups excluding carboxylic acids is 1. The lowest BCUT2D eigenvalue weighted by Gasteiger charge is -2.15. The van der Waals surface area contributed by atoms with E-state index in [-0.39, 0.29) is 17.8 Å². The van der Waals surface area contributed by atoms with E-state index in [4.69, 9.17) is 0 Å². The van der Waals surface area contributed by atoms with Crippen LogP contribution in [0.25, 0.3) is 16.3 Å². The van der Waals surface area contributed by atoms with Crippen molar-refractivity contribution in [2.45, 2.75) is 12.6 Å². The molecule has 0 aliphatic heterocycles. The summed E-state index contributed by atoms with van der Waals surface area (Å²) < 4.78 is 42.0. The van der Waals surface area contributed by atoms with Gasteiger partial charge in [0.25, 0.3) is 0 Å². The molecular formula is C21H15F3N4OS. The normalized spacial score (nSPS) is 11.4. The Morgan fingerprint density at radius 2 is 1.90 bits per heavy atom. The van der Waals surface area contributed by atoms with Crippen LogP contribution in [0.4, 0.5) is 18.9 Å². The third kappa shape index (κ3) is 4.41. The zero-order chi connectivity index (χ0) is 21.1. The Morgan fingerprint density at radius 3 is 2.60 bits per heavy atom. The summed E-state index contributed by atoms with van der Waals surface area (Å²) in [4.78, 5) is 16.8. The maximum atomic E-state index is 13.5. The van der Waals surface area contributed by atoms with Crippen LogP contribution in [-0.2, 0) is 17.4 Å². The highest BCUT2D eigenvalue weighted by molar-refractivity contribution is 7.13. The van der Waals surface area contributed by atoms with Gasteiger partial charge in [-0.1, -0.05) is 30.3 Å². The van der Waals surface area contributed by atoms with Gasteiger partial charge in [-0.05, 0) is 24.3 Å². The number of aromatic nitrogens is 3. The van der Waals surface area contributed by atoms with Crippen molar-refractivity contribution in [1.82, 2.24) is 14.8 Å². The molecule has 4 aromatic rings. The third-order valence-corrected chi connectivity index (χ3v) is 5.21. The number of alkyl halides is 3. The van der Waals surface area contributed by atoms with Crippen LogP contribution in [0.3, 0.4) is 0 Å². The van der Waals surface area contributed by atoms with Crippen molar-refractivity contribution in [1.29, 1.82) is 0 Å². The van der Waals surface area contributed by atoms with Crippen LogP contribution in [0, 0.1) is 0 Å². The smallest absolute Gasteiger partial charge is 0.325 e. The molecule has 152 valence electrons. The summed E-state index contributed by atoms with van der Waals surface area (Å²) in [6, 6.07) is 14.7. The quantitative estimate of drug-likeness (QED) is 0.476. The maximum Gasteiger partial charge on any atom is 0.418 e. The highest BCUT2D eigenvalue weighted by atomic mass is 32.1. The minimum Gasteiger partial charge on any atom is -0.325 e. The molecule has 1 amide bonds. The van der Waals surface area contributed by atoms with Crippen molar-refractivity contribution in [2.24, 2.45) is 0 Å².